The molecule has 0 rings (SSSR count). The largest absolute Gasteiger partial charge is 0.422 e. The van der Waals surface area contributed by atoms with Crippen molar-refractivity contribution in [3.63, 3.8) is 0 Å². The van der Waals surface area contributed by atoms with E-state index in [9.17, 15) is 19.8 Å². The first kappa shape index (κ1) is 17.3. The highest BCUT2D eigenvalue weighted by molar-refractivity contribution is 5.83. The van der Waals surface area contributed by atoms with Crippen molar-refractivity contribution < 1.29 is 29.3 Å². The molecule has 0 saturated carbocycles. The summed E-state index contributed by atoms with van der Waals surface area (Å²) in [4.78, 5) is 22.1. The van der Waals surface area contributed by atoms with Crippen LogP contribution in [0.25, 0.3) is 0 Å². The van der Waals surface area contributed by atoms with Gasteiger partial charge >= 0.3 is 11.9 Å². The van der Waals surface area contributed by atoms with Crippen LogP contribution in [0.5, 0.6) is 0 Å². The van der Waals surface area contributed by atoms with Gasteiger partial charge in [0.2, 0.25) is 0 Å². The van der Waals surface area contributed by atoms with E-state index < -0.39 is 29.9 Å². The summed E-state index contributed by atoms with van der Waals surface area (Å²) in [5.41, 5.74) is -1.09. The molecule has 0 bridgehead atoms. The lowest BCUT2D eigenvalue weighted by atomic mass is 9.99. The van der Waals surface area contributed by atoms with Crippen LogP contribution in [-0.4, -0.2) is 40.1 Å². The summed E-state index contributed by atoms with van der Waals surface area (Å²) in [6, 6.07) is 0. The molecule has 0 aliphatic carbocycles. The third kappa shape index (κ3) is 8.98. The van der Waals surface area contributed by atoms with E-state index in [4.69, 9.17) is 9.47 Å². The van der Waals surface area contributed by atoms with Crippen LogP contribution in [0.2, 0.25) is 0 Å². The Labute approximate surface area is 112 Å². The number of hydrogen-bond acceptors (Lipinski definition) is 6. The van der Waals surface area contributed by atoms with E-state index in [-0.39, 0.29) is 12.8 Å². The van der Waals surface area contributed by atoms with Crippen molar-refractivity contribution in [1.82, 2.24) is 0 Å². The molecule has 0 aromatic heterocycles. The Hall–Kier alpha value is -1.66. The topological polar surface area (TPSA) is 93.1 Å². The minimum Gasteiger partial charge on any atom is -0.422 e. The number of aliphatic hydroxyl groups is 2. The molecule has 0 aliphatic rings. The van der Waals surface area contributed by atoms with E-state index in [1.807, 2.05) is 0 Å². The molecule has 1 atom stereocenters. The molecule has 2 N–H and O–H groups in total. The Morgan fingerprint density at radius 3 is 1.95 bits per heavy atom. The molecular weight excluding hydrogens is 252 g/mol. The van der Waals surface area contributed by atoms with E-state index in [1.54, 1.807) is 0 Å². The maximum absolute atomic E-state index is 11.1. The molecule has 1 unspecified atom stereocenters. The number of aliphatic hydroxyl groups excluding tert-OH is 1. The fraction of sp³-hybridized carbons (Fsp3) is 0.538. The Morgan fingerprint density at radius 1 is 1.21 bits per heavy atom. The average Bonchev–Trinajstić information content (AvgIpc) is 2.25. The van der Waals surface area contributed by atoms with Crippen molar-refractivity contribution in [1.29, 1.82) is 0 Å². The van der Waals surface area contributed by atoms with Gasteiger partial charge in [-0.3, -0.25) is 0 Å². The molecule has 0 aromatic carbocycles. The lowest BCUT2D eigenvalue weighted by molar-refractivity contribution is -0.186. The maximum atomic E-state index is 11.1. The second-order valence-corrected chi connectivity index (χ2v) is 4.62. The van der Waals surface area contributed by atoms with Crippen molar-refractivity contribution >= 4 is 11.9 Å². The zero-order valence-electron chi connectivity index (χ0n) is 11.2. The summed E-state index contributed by atoms with van der Waals surface area (Å²) in [5, 5.41) is 19.3. The van der Waals surface area contributed by atoms with Gasteiger partial charge in [-0.25, -0.2) is 9.59 Å². The summed E-state index contributed by atoms with van der Waals surface area (Å²) < 4.78 is 9.54. The SMILES string of the molecule is C=CC(=O)OC(CC(O)CC(C)(C)O)OC(=O)C=C. The first-order chi connectivity index (χ1) is 8.67. The van der Waals surface area contributed by atoms with Crippen LogP contribution in [0.3, 0.4) is 0 Å². The smallest absolute Gasteiger partial charge is 0.333 e. The fourth-order valence-electron chi connectivity index (χ4n) is 1.36. The molecule has 6 heteroatoms. The minimum absolute atomic E-state index is 0.0424. The number of ether oxygens (including phenoxy) is 2. The van der Waals surface area contributed by atoms with Crippen molar-refractivity contribution in [2.75, 3.05) is 0 Å². The van der Waals surface area contributed by atoms with E-state index in [0.717, 1.165) is 12.2 Å². The number of esters is 2. The van der Waals surface area contributed by atoms with Crippen molar-refractivity contribution in [2.45, 2.75) is 44.7 Å². The Kier molecular flexibility index (Phi) is 7.03. The maximum Gasteiger partial charge on any atom is 0.333 e. The molecule has 0 spiro atoms. The highest BCUT2D eigenvalue weighted by Crippen LogP contribution is 2.16. The minimum atomic E-state index is -1.26. The van der Waals surface area contributed by atoms with Gasteiger partial charge in [-0.05, 0) is 13.8 Å². The molecule has 0 amide bonds. The Morgan fingerprint density at radius 2 is 1.63 bits per heavy atom. The van der Waals surface area contributed by atoms with E-state index in [1.165, 1.54) is 13.8 Å². The van der Waals surface area contributed by atoms with Crippen LogP contribution >= 0.6 is 0 Å². The zero-order valence-corrected chi connectivity index (χ0v) is 11.2. The van der Waals surface area contributed by atoms with Crippen LogP contribution in [0.15, 0.2) is 25.3 Å². The Balaban J connectivity index is 4.55. The average molecular weight is 272 g/mol. The standard InChI is InChI=1S/C13H20O6/c1-5-10(15)18-12(19-11(16)6-2)7-9(14)8-13(3,4)17/h5-6,9,12,14,17H,1-2,7-8H2,3-4H3. The van der Waals surface area contributed by atoms with Gasteiger partial charge in [0.1, 0.15) is 0 Å². The van der Waals surface area contributed by atoms with E-state index in [0.29, 0.717) is 0 Å². The first-order valence-corrected chi connectivity index (χ1v) is 5.74. The lowest BCUT2D eigenvalue weighted by Crippen LogP contribution is -2.32. The summed E-state index contributed by atoms with van der Waals surface area (Å²) in [6.45, 7) is 9.48. The van der Waals surface area contributed by atoms with E-state index in [2.05, 4.69) is 13.2 Å². The second kappa shape index (κ2) is 7.70. The molecule has 0 radical (unpaired) electrons. The zero-order chi connectivity index (χ0) is 15.1. The lowest BCUT2D eigenvalue weighted by Gasteiger charge is -2.24. The van der Waals surface area contributed by atoms with Crippen LogP contribution < -0.4 is 0 Å². The highest BCUT2D eigenvalue weighted by Gasteiger charge is 2.25. The summed E-state index contributed by atoms with van der Waals surface area (Å²) in [7, 11) is 0. The number of hydrogen-bond donors (Lipinski definition) is 2. The monoisotopic (exact) mass is 272 g/mol. The predicted octanol–water partition coefficient (Wildman–Crippen LogP) is 0.683. The van der Waals surface area contributed by atoms with Crippen molar-refractivity contribution in [3.05, 3.63) is 25.3 Å². The summed E-state index contributed by atoms with van der Waals surface area (Å²) in [6.07, 6.45) is -0.536. The van der Waals surface area contributed by atoms with Crippen molar-refractivity contribution in [3.8, 4) is 0 Å². The van der Waals surface area contributed by atoms with Gasteiger partial charge in [0, 0.05) is 25.0 Å². The molecule has 0 fully saturated rings. The van der Waals surface area contributed by atoms with Gasteiger partial charge in [0.15, 0.2) is 0 Å². The summed E-state index contributed by atoms with van der Waals surface area (Å²) >= 11 is 0. The van der Waals surface area contributed by atoms with Gasteiger partial charge < -0.3 is 19.7 Å². The molecular formula is C13H20O6. The molecule has 0 saturated heterocycles. The number of carbonyl (C=O) groups excluding carboxylic acids is 2. The predicted molar refractivity (Wildman–Crippen MR) is 67.9 cm³/mol. The quantitative estimate of drug-likeness (QED) is 0.383. The van der Waals surface area contributed by atoms with Gasteiger partial charge in [0.05, 0.1) is 11.7 Å². The number of rotatable bonds is 8. The molecule has 108 valence electrons. The van der Waals surface area contributed by atoms with Gasteiger partial charge in [-0.15, -0.1) is 0 Å². The molecule has 0 aromatic rings. The van der Waals surface area contributed by atoms with Gasteiger partial charge in [0.25, 0.3) is 6.29 Å². The van der Waals surface area contributed by atoms with Crippen LogP contribution in [-0.2, 0) is 19.1 Å². The molecule has 0 aliphatic heterocycles. The molecule has 0 heterocycles. The summed E-state index contributed by atoms with van der Waals surface area (Å²) in [5.74, 6) is -1.56. The van der Waals surface area contributed by atoms with Crippen LogP contribution in [0.4, 0.5) is 0 Å². The fourth-order valence-corrected chi connectivity index (χ4v) is 1.36. The molecule has 6 nitrogen and oxygen atoms in total. The first-order valence-electron chi connectivity index (χ1n) is 5.74. The van der Waals surface area contributed by atoms with Crippen LogP contribution in [0, 0.1) is 0 Å². The molecule has 19 heavy (non-hydrogen) atoms. The Bertz CT molecular complexity index is 320. The van der Waals surface area contributed by atoms with E-state index >= 15 is 0 Å². The van der Waals surface area contributed by atoms with Crippen LogP contribution in [0.1, 0.15) is 26.7 Å². The number of carbonyl (C=O) groups is 2. The second-order valence-electron chi connectivity index (χ2n) is 4.62. The third-order valence-corrected chi connectivity index (χ3v) is 2.03. The normalized spacial score (nSPS) is 12.7. The third-order valence-electron chi connectivity index (χ3n) is 2.03. The van der Waals surface area contributed by atoms with Gasteiger partial charge in [-0.2, -0.15) is 0 Å². The highest BCUT2D eigenvalue weighted by atomic mass is 16.7. The van der Waals surface area contributed by atoms with Gasteiger partial charge in [-0.1, -0.05) is 13.2 Å². The van der Waals surface area contributed by atoms with Crippen molar-refractivity contribution in [2.24, 2.45) is 0 Å².